The number of carbonyl (C=O) groups is 2. The first kappa shape index (κ1) is 10.9. The van der Waals surface area contributed by atoms with Gasteiger partial charge < -0.3 is 15.7 Å². The summed E-state index contributed by atoms with van der Waals surface area (Å²) in [6.07, 6.45) is 0. The molecule has 0 spiro atoms. The molecule has 1 heterocycles. The SMILES string of the molecule is O=C(O)CNC(=O)CN1CCNCC1. The van der Waals surface area contributed by atoms with Crippen molar-refractivity contribution in [3.63, 3.8) is 0 Å². The van der Waals surface area contributed by atoms with Crippen molar-refractivity contribution in [3.05, 3.63) is 0 Å². The van der Waals surface area contributed by atoms with Crippen LogP contribution in [-0.4, -0.2) is 61.2 Å². The first-order valence-corrected chi connectivity index (χ1v) is 4.60. The summed E-state index contributed by atoms with van der Waals surface area (Å²) < 4.78 is 0. The van der Waals surface area contributed by atoms with Crippen molar-refractivity contribution >= 4 is 11.9 Å². The number of hydrogen-bond donors (Lipinski definition) is 3. The maximum Gasteiger partial charge on any atom is 0.322 e. The first-order chi connectivity index (χ1) is 6.68. The van der Waals surface area contributed by atoms with Gasteiger partial charge in [0.25, 0.3) is 0 Å². The highest BCUT2D eigenvalue weighted by atomic mass is 16.4. The molecule has 0 atom stereocenters. The van der Waals surface area contributed by atoms with Crippen LogP contribution in [-0.2, 0) is 9.59 Å². The molecule has 0 bridgehead atoms. The summed E-state index contributed by atoms with van der Waals surface area (Å²) in [6.45, 7) is 3.42. The molecule has 1 amide bonds. The number of carboxylic acid groups (broad SMARTS) is 1. The first-order valence-electron chi connectivity index (χ1n) is 4.60. The molecule has 0 aliphatic carbocycles. The van der Waals surface area contributed by atoms with Crippen LogP contribution >= 0.6 is 0 Å². The summed E-state index contributed by atoms with van der Waals surface area (Å²) in [7, 11) is 0. The summed E-state index contributed by atoms with van der Waals surface area (Å²) in [6, 6.07) is 0. The van der Waals surface area contributed by atoms with E-state index in [4.69, 9.17) is 5.11 Å². The van der Waals surface area contributed by atoms with Gasteiger partial charge in [-0.2, -0.15) is 0 Å². The molecule has 1 rings (SSSR count). The van der Waals surface area contributed by atoms with Crippen LogP contribution in [0.1, 0.15) is 0 Å². The molecule has 1 saturated heterocycles. The van der Waals surface area contributed by atoms with Crippen LogP contribution in [0.3, 0.4) is 0 Å². The average molecular weight is 201 g/mol. The molecule has 0 aromatic heterocycles. The summed E-state index contributed by atoms with van der Waals surface area (Å²) in [5.74, 6) is -1.24. The van der Waals surface area contributed by atoms with Crippen LogP contribution in [0.4, 0.5) is 0 Å². The van der Waals surface area contributed by atoms with Crippen LogP contribution in [0.2, 0.25) is 0 Å². The zero-order valence-corrected chi connectivity index (χ0v) is 7.95. The number of hydrogen-bond acceptors (Lipinski definition) is 4. The van der Waals surface area contributed by atoms with Gasteiger partial charge in [0.05, 0.1) is 6.54 Å². The van der Waals surface area contributed by atoms with Crippen molar-refractivity contribution in [1.29, 1.82) is 0 Å². The molecule has 6 nitrogen and oxygen atoms in total. The van der Waals surface area contributed by atoms with Gasteiger partial charge in [0.1, 0.15) is 6.54 Å². The minimum atomic E-state index is -1.02. The fourth-order valence-electron chi connectivity index (χ4n) is 1.30. The van der Waals surface area contributed by atoms with Crippen LogP contribution in [0, 0.1) is 0 Å². The van der Waals surface area contributed by atoms with E-state index in [0.29, 0.717) is 0 Å². The third-order valence-corrected chi connectivity index (χ3v) is 2.01. The number of nitrogens with one attached hydrogen (secondary N) is 2. The Labute approximate surface area is 82.3 Å². The second-order valence-electron chi connectivity index (χ2n) is 3.20. The van der Waals surface area contributed by atoms with E-state index in [0.717, 1.165) is 26.2 Å². The maximum atomic E-state index is 11.2. The summed E-state index contributed by atoms with van der Waals surface area (Å²) >= 11 is 0. The zero-order chi connectivity index (χ0) is 10.4. The van der Waals surface area contributed by atoms with E-state index in [1.165, 1.54) is 0 Å². The fourth-order valence-corrected chi connectivity index (χ4v) is 1.30. The average Bonchev–Trinajstić information content (AvgIpc) is 2.16. The number of nitrogens with zero attached hydrogens (tertiary/aromatic N) is 1. The van der Waals surface area contributed by atoms with Crippen molar-refractivity contribution in [2.24, 2.45) is 0 Å². The van der Waals surface area contributed by atoms with E-state index >= 15 is 0 Å². The largest absolute Gasteiger partial charge is 0.480 e. The molecule has 0 aromatic rings. The Hall–Kier alpha value is -1.14. The molecule has 1 fully saturated rings. The Morgan fingerprint density at radius 2 is 2.00 bits per heavy atom. The molecule has 1 aliphatic rings. The Bertz CT molecular complexity index is 214. The highest BCUT2D eigenvalue weighted by Crippen LogP contribution is 1.90. The van der Waals surface area contributed by atoms with E-state index in [1.807, 2.05) is 4.90 Å². The van der Waals surface area contributed by atoms with Gasteiger partial charge in [-0.3, -0.25) is 14.5 Å². The van der Waals surface area contributed by atoms with E-state index in [-0.39, 0.29) is 19.0 Å². The molecule has 3 N–H and O–H groups in total. The fraction of sp³-hybridized carbons (Fsp3) is 0.750. The lowest BCUT2D eigenvalue weighted by atomic mass is 10.3. The monoisotopic (exact) mass is 201 g/mol. The molecule has 0 saturated carbocycles. The minimum absolute atomic E-state index is 0.227. The van der Waals surface area contributed by atoms with Gasteiger partial charge in [0, 0.05) is 26.2 Å². The highest BCUT2D eigenvalue weighted by molar-refractivity contribution is 5.82. The molecule has 6 heteroatoms. The molecule has 80 valence electrons. The number of carbonyl (C=O) groups excluding carboxylic acids is 1. The van der Waals surface area contributed by atoms with Gasteiger partial charge in [-0.1, -0.05) is 0 Å². The number of rotatable bonds is 4. The Kier molecular flexibility index (Phi) is 4.34. The van der Waals surface area contributed by atoms with Gasteiger partial charge in [-0.05, 0) is 0 Å². The summed E-state index contributed by atoms with van der Waals surface area (Å²) in [5, 5.41) is 13.8. The second kappa shape index (κ2) is 5.56. The Morgan fingerprint density at radius 1 is 1.36 bits per heavy atom. The van der Waals surface area contributed by atoms with Crippen molar-refractivity contribution in [2.75, 3.05) is 39.3 Å². The molecular weight excluding hydrogens is 186 g/mol. The molecular formula is C8H15N3O3. The quantitative estimate of drug-likeness (QED) is 0.494. The number of amides is 1. The summed E-state index contributed by atoms with van der Waals surface area (Å²) in [4.78, 5) is 23.3. The Morgan fingerprint density at radius 3 is 2.57 bits per heavy atom. The van der Waals surface area contributed by atoms with Gasteiger partial charge in [0.2, 0.25) is 5.91 Å². The third-order valence-electron chi connectivity index (χ3n) is 2.01. The van der Waals surface area contributed by atoms with Gasteiger partial charge in [-0.25, -0.2) is 0 Å². The van der Waals surface area contributed by atoms with E-state index in [9.17, 15) is 9.59 Å². The minimum Gasteiger partial charge on any atom is -0.480 e. The predicted molar refractivity (Wildman–Crippen MR) is 50.0 cm³/mol. The van der Waals surface area contributed by atoms with Crippen molar-refractivity contribution in [2.45, 2.75) is 0 Å². The lowest BCUT2D eigenvalue weighted by molar-refractivity contribution is -0.138. The van der Waals surface area contributed by atoms with Gasteiger partial charge in [0.15, 0.2) is 0 Å². The van der Waals surface area contributed by atoms with Gasteiger partial charge in [-0.15, -0.1) is 0 Å². The lowest BCUT2D eigenvalue weighted by Gasteiger charge is -2.26. The van der Waals surface area contributed by atoms with Crippen molar-refractivity contribution in [3.8, 4) is 0 Å². The highest BCUT2D eigenvalue weighted by Gasteiger charge is 2.13. The number of carboxylic acids is 1. The van der Waals surface area contributed by atoms with Crippen molar-refractivity contribution in [1.82, 2.24) is 15.5 Å². The van der Waals surface area contributed by atoms with Crippen LogP contribution in [0.15, 0.2) is 0 Å². The number of piperazine rings is 1. The third kappa shape index (κ3) is 4.20. The van der Waals surface area contributed by atoms with Crippen molar-refractivity contribution < 1.29 is 14.7 Å². The topological polar surface area (TPSA) is 81.7 Å². The molecule has 1 aliphatic heterocycles. The standard InChI is InChI=1S/C8H15N3O3/c12-7(10-5-8(13)14)6-11-3-1-9-2-4-11/h9H,1-6H2,(H,10,12)(H,13,14). The van der Waals surface area contributed by atoms with Crippen LogP contribution in [0.25, 0.3) is 0 Å². The predicted octanol–water partition coefficient (Wildman–Crippen LogP) is -1.91. The Balaban J connectivity index is 2.15. The molecule has 0 radical (unpaired) electrons. The normalized spacial score (nSPS) is 17.7. The maximum absolute atomic E-state index is 11.2. The summed E-state index contributed by atoms with van der Waals surface area (Å²) in [5.41, 5.74) is 0. The molecule has 14 heavy (non-hydrogen) atoms. The number of aliphatic carboxylic acids is 1. The smallest absolute Gasteiger partial charge is 0.322 e. The van der Waals surface area contributed by atoms with Crippen LogP contribution < -0.4 is 10.6 Å². The zero-order valence-electron chi connectivity index (χ0n) is 7.95. The second-order valence-corrected chi connectivity index (χ2v) is 3.20. The molecule has 0 aromatic carbocycles. The van der Waals surface area contributed by atoms with Crippen LogP contribution in [0.5, 0.6) is 0 Å². The van der Waals surface area contributed by atoms with E-state index in [1.54, 1.807) is 0 Å². The van der Waals surface area contributed by atoms with E-state index in [2.05, 4.69) is 10.6 Å². The van der Waals surface area contributed by atoms with Gasteiger partial charge >= 0.3 is 5.97 Å². The molecule has 0 unspecified atom stereocenters. The lowest BCUT2D eigenvalue weighted by Crippen LogP contribution is -2.48. The van der Waals surface area contributed by atoms with E-state index < -0.39 is 5.97 Å².